The Morgan fingerprint density at radius 3 is 3.00 bits per heavy atom. The molecule has 5 heteroatoms. The van der Waals surface area contributed by atoms with E-state index >= 15 is 0 Å². The van der Waals surface area contributed by atoms with Crippen LogP contribution in [0.5, 0.6) is 0 Å². The molecule has 1 aliphatic rings. The first-order valence-electron chi connectivity index (χ1n) is 6.99. The smallest absolute Gasteiger partial charge is 0.272 e. The number of halogens is 1. The van der Waals surface area contributed by atoms with Crippen molar-refractivity contribution in [2.45, 2.75) is 24.1 Å². The maximum Gasteiger partial charge on any atom is 0.272 e. The fourth-order valence-corrected chi connectivity index (χ4v) is 3.69. The Morgan fingerprint density at radius 1 is 1.45 bits per heavy atom. The van der Waals surface area contributed by atoms with E-state index in [4.69, 9.17) is 0 Å². The highest BCUT2D eigenvalue weighted by atomic mass is 79.9. The first-order chi connectivity index (χ1) is 9.65. The van der Waals surface area contributed by atoms with E-state index in [1.165, 1.54) is 12.8 Å². The zero-order chi connectivity index (χ0) is 14.1. The number of para-hydroxylation sites is 1. The summed E-state index contributed by atoms with van der Waals surface area (Å²) in [5, 5.41) is 8.29. The van der Waals surface area contributed by atoms with Gasteiger partial charge < -0.3 is 5.32 Å². The van der Waals surface area contributed by atoms with Gasteiger partial charge in [-0.2, -0.15) is 5.10 Å². The van der Waals surface area contributed by atoms with Gasteiger partial charge in [-0.25, -0.2) is 0 Å². The number of amides is 1. The zero-order valence-corrected chi connectivity index (χ0v) is 13.1. The minimum atomic E-state index is -0.0696. The van der Waals surface area contributed by atoms with Crippen molar-refractivity contribution < 1.29 is 4.79 Å². The third-order valence-corrected chi connectivity index (χ3v) is 4.83. The van der Waals surface area contributed by atoms with Gasteiger partial charge in [0.2, 0.25) is 0 Å². The van der Waals surface area contributed by atoms with Crippen molar-refractivity contribution in [3.63, 3.8) is 0 Å². The van der Waals surface area contributed by atoms with Crippen LogP contribution in [0.2, 0.25) is 0 Å². The Bertz CT molecular complexity index is 637. The normalized spacial score (nSPS) is 22.3. The lowest BCUT2D eigenvalue weighted by Gasteiger charge is -2.09. The first kappa shape index (κ1) is 13.6. The number of aryl methyl sites for hydroxylation is 1. The predicted octanol–water partition coefficient (Wildman–Crippen LogP) is 2.87. The lowest BCUT2D eigenvalue weighted by atomic mass is 10.1. The molecule has 2 unspecified atom stereocenters. The van der Waals surface area contributed by atoms with Crippen LogP contribution in [0, 0.1) is 5.92 Å². The van der Waals surface area contributed by atoms with Crippen LogP contribution in [-0.4, -0.2) is 27.1 Å². The second-order valence-corrected chi connectivity index (χ2v) is 6.77. The summed E-state index contributed by atoms with van der Waals surface area (Å²) in [5.41, 5.74) is 1.51. The molecule has 0 bridgehead atoms. The quantitative estimate of drug-likeness (QED) is 0.876. The molecule has 1 aromatic carbocycles. The number of aromatic nitrogens is 2. The van der Waals surface area contributed by atoms with Gasteiger partial charge in [-0.15, -0.1) is 0 Å². The molecular formula is C15H18BrN3O. The number of carbonyl (C=O) groups is 1. The number of alkyl halides is 1. The first-order valence-corrected chi connectivity index (χ1v) is 7.90. The molecule has 1 heterocycles. The molecule has 1 fully saturated rings. The highest BCUT2D eigenvalue weighted by Gasteiger charge is 2.23. The number of fused-ring (bicyclic) bond motifs is 1. The summed E-state index contributed by atoms with van der Waals surface area (Å²) in [6.45, 7) is 0.742. The lowest BCUT2D eigenvalue weighted by Crippen LogP contribution is -2.29. The minimum absolute atomic E-state index is 0.0696. The summed E-state index contributed by atoms with van der Waals surface area (Å²) in [6.07, 6.45) is 3.52. The summed E-state index contributed by atoms with van der Waals surface area (Å²) >= 11 is 3.64. The molecule has 2 aromatic rings. The van der Waals surface area contributed by atoms with E-state index in [-0.39, 0.29) is 5.91 Å². The Labute approximate surface area is 126 Å². The van der Waals surface area contributed by atoms with Gasteiger partial charge in [0.15, 0.2) is 5.69 Å². The second-order valence-electron chi connectivity index (χ2n) is 5.48. The van der Waals surface area contributed by atoms with E-state index in [1.807, 2.05) is 31.3 Å². The summed E-state index contributed by atoms with van der Waals surface area (Å²) in [6, 6.07) is 7.82. The van der Waals surface area contributed by atoms with Crippen molar-refractivity contribution in [1.82, 2.24) is 15.1 Å². The highest BCUT2D eigenvalue weighted by molar-refractivity contribution is 9.09. The Hall–Kier alpha value is -1.36. The summed E-state index contributed by atoms with van der Waals surface area (Å²) < 4.78 is 1.76. The average Bonchev–Trinajstić information content (AvgIpc) is 3.01. The van der Waals surface area contributed by atoms with Crippen molar-refractivity contribution in [2.75, 3.05) is 6.54 Å². The minimum Gasteiger partial charge on any atom is -0.350 e. The van der Waals surface area contributed by atoms with E-state index in [1.54, 1.807) is 4.68 Å². The molecule has 1 aromatic heterocycles. The van der Waals surface area contributed by atoms with Gasteiger partial charge in [0.1, 0.15) is 0 Å². The van der Waals surface area contributed by atoms with E-state index in [0.717, 1.165) is 23.9 Å². The molecule has 0 spiro atoms. The van der Waals surface area contributed by atoms with Crippen LogP contribution in [0.25, 0.3) is 10.9 Å². The van der Waals surface area contributed by atoms with Crippen molar-refractivity contribution in [3.05, 3.63) is 30.0 Å². The molecule has 4 nitrogen and oxygen atoms in total. The van der Waals surface area contributed by atoms with Crippen LogP contribution < -0.4 is 5.32 Å². The fraction of sp³-hybridized carbons (Fsp3) is 0.467. The number of nitrogens with zero attached hydrogens (tertiary/aromatic N) is 2. The van der Waals surface area contributed by atoms with Gasteiger partial charge in [0.05, 0.1) is 5.52 Å². The van der Waals surface area contributed by atoms with Crippen LogP contribution in [0.4, 0.5) is 0 Å². The molecule has 0 saturated heterocycles. The van der Waals surface area contributed by atoms with E-state index in [9.17, 15) is 4.79 Å². The molecule has 1 N–H and O–H groups in total. The molecule has 20 heavy (non-hydrogen) atoms. The van der Waals surface area contributed by atoms with Crippen LogP contribution in [0.1, 0.15) is 29.8 Å². The van der Waals surface area contributed by atoms with Gasteiger partial charge in [0.25, 0.3) is 5.91 Å². The largest absolute Gasteiger partial charge is 0.350 e. The van der Waals surface area contributed by atoms with Crippen molar-refractivity contribution in [3.8, 4) is 0 Å². The molecule has 0 radical (unpaired) electrons. The Kier molecular flexibility index (Phi) is 3.78. The van der Waals surface area contributed by atoms with Gasteiger partial charge in [-0.3, -0.25) is 9.48 Å². The zero-order valence-electron chi connectivity index (χ0n) is 11.5. The monoisotopic (exact) mass is 335 g/mol. The van der Waals surface area contributed by atoms with Gasteiger partial charge in [-0.05, 0) is 31.2 Å². The number of hydrogen-bond acceptors (Lipinski definition) is 2. The van der Waals surface area contributed by atoms with Crippen LogP contribution in [-0.2, 0) is 7.05 Å². The van der Waals surface area contributed by atoms with Crippen molar-refractivity contribution >= 4 is 32.7 Å². The number of carbonyl (C=O) groups excluding carboxylic acids is 1. The van der Waals surface area contributed by atoms with Crippen LogP contribution in [0.3, 0.4) is 0 Å². The van der Waals surface area contributed by atoms with E-state index in [2.05, 4.69) is 26.3 Å². The Morgan fingerprint density at radius 2 is 2.25 bits per heavy atom. The number of hydrogen-bond donors (Lipinski definition) is 1. The molecule has 3 rings (SSSR count). The molecular weight excluding hydrogens is 318 g/mol. The summed E-state index contributed by atoms with van der Waals surface area (Å²) in [7, 11) is 1.87. The number of benzene rings is 1. The van der Waals surface area contributed by atoms with Gasteiger partial charge in [-0.1, -0.05) is 34.1 Å². The molecule has 106 valence electrons. The van der Waals surface area contributed by atoms with Gasteiger partial charge >= 0.3 is 0 Å². The number of nitrogens with one attached hydrogen (secondary N) is 1. The average molecular weight is 336 g/mol. The van der Waals surface area contributed by atoms with E-state index < -0.39 is 0 Å². The number of rotatable bonds is 3. The van der Waals surface area contributed by atoms with Crippen LogP contribution >= 0.6 is 15.9 Å². The standard InChI is InChI=1S/C15H18BrN3O/c1-19-13-5-3-2-4-12(13)14(18-19)15(20)17-9-10-6-7-11(16)8-10/h2-5,10-11H,6-9H2,1H3,(H,17,20). The molecule has 1 saturated carbocycles. The second kappa shape index (κ2) is 5.56. The summed E-state index contributed by atoms with van der Waals surface area (Å²) in [5.74, 6) is 0.512. The molecule has 0 aliphatic heterocycles. The maximum absolute atomic E-state index is 12.3. The third kappa shape index (κ3) is 2.59. The van der Waals surface area contributed by atoms with Crippen LogP contribution in [0.15, 0.2) is 24.3 Å². The highest BCUT2D eigenvalue weighted by Crippen LogP contribution is 2.30. The van der Waals surface area contributed by atoms with Crippen molar-refractivity contribution in [1.29, 1.82) is 0 Å². The molecule has 1 amide bonds. The lowest BCUT2D eigenvalue weighted by molar-refractivity contribution is 0.0943. The summed E-state index contributed by atoms with van der Waals surface area (Å²) in [4.78, 5) is 12.9. The van der Waals surface area contributed by atoms with Crippen molar-refractivity contribution in [2.24, 2.45) is 13.0 Å². The molecule has 2 atom stereocenters. The SMILES string of the molecule is Cn1nc(C(=O)NCC2CCC(Br)C2)c2ccccc21. The van der Waals surface area contributed by atoms with Gasteiger partial charge in [0, 0.05) is 23.8 Å². The maximum atomic E-state index is 12.3. The predicted molar refractivity (Wildman–Crippen MR) is 83.1 cm³/mol. The third-order valence-electron chi connectivity index (χ3n) is 4.00. The van der Waals surface area contributed by atoms with E-state index in [0.29, 0.717) is 16.4 Å². The Balaban J connectivity index is 1.73. The fourth-order valence-electron chi connectivity index (χ4n) is 2.90. The topological polar surface area (TPSA) is 46.9 Å². The molecule has 1 aliphatic carbocycles.